The van der Waals surface area contributed by atoms with Crippen molar-refractivity contribution in [1.82, 2.24) is 34.5 Å². The number of fused-ring (bicyclic) bond motifs is 2. The summed E-state index contributed by atoms with van der Waals surface area (Å²) in [6, 6.07) is 9.11. The molecule has 2 fully saturated rings. The van der Waals surface area contributed by atoms with E-state index in [2.05, 4.69) is 30.4 Å². The number of nitrogens with one attached hydrogen (secondary N) is 1. The van der Waals surface area contributed by atoms with Crippen molar-refractivity contribution < 1.29 is 0 Å². The van der Waals surface area contributed by atoms with Gasteiger partial charge in [0, 0.05) is 37.4 Å². The molecule has 146 valence electrons. The van der Waals surface area contributed by atoms with Crippen LogP contribution in [0.4, 0.5) is 5.69 Å². The Balaban J connectivity index is 1.40. The van der Waals surface area contributed by atoms with Crippen LogP contribution in [0.25, 0.3) is 22.7 Å². The van der Waals surface area contributed by atoms with E-state index >= 15 is 0 Å². The summed E-state index contributed by atoms with van der Waals surface area (Å²) in [7, 11) is 0. The van der Waals surface area contributed by atoms with Gasteiger partial charge in [-0.05, 0) is 44.0 Å². The van der Waals surface area contributed by atoms with Crippen LogP contribution in [-0.4, -0.2) is 54.4 Å². The third kappa shape index (κ3) is 2.77. The first-order valence-corrected chi connectivity index (χ1v) is 9.83. The smallest absolute Gasteiger partial charge is 0.258 e. The van der Waals surface area contributed by atoms with Gasteiger partial charge in [-0.3, -0.25) is 9.20 Å². The van der Waals surface area contributed by atoms with Crippen LogP contribution in [0.3, 0.4) is 0 Å². The van der Waals surface area contributed by atoms with Crippen molar-refractivity contribution in [1.29, 1.82) is 0 Å². The Labute approximate surface area is 166 Å². The average molecular weight is 388 g/mol. The highest BCUT2D eigenvalue weighted by molar-refractivity contribution is 5.60. The molecule has 0 amide bonds. The van der Waals surface area contributed by atoms with Crippen LogP contribution >= 0.6 is 0 Å². The second-order valence-corrected chi connectivity index (χ2v) is 7.95. The monoisotopic (exact) mass is 388 g/mol. The third-order valence-electron chi connectivity index (χ3n) is 5.81. The highest BCUT2D eigenvalue weighted by Gasteiger charge is 2.45. The van der Waals surface area contributed by atoms with Gasteiger partial charge in [0.2, 0.25) is 0 Å². The highest BCUT2D eigenvalue weighted by atomic mass is 16.1. The van der Waals surface area contributed by atoms with Crippen molar-refractivity contribution >= 4 is 17.0 Å². The van der Waals surface area contributed by atoms with E-state index in [4.69, 9.17) is 0 Å². The van der Waals surface area contributed by atoms with Crippen molar-refractivity contribution in [2.24, 2.45) is 0 Å². The number of aryl methyl sites for hydroxylation is 1. The summed E-state index contributed by atoms with van der Waals surface area (Å²) in [4.78, 5) is 24.1. The van der Waals surface area contributed by atoms with Crippen molar-refractivity contribution in [2.45, 2.75) is 25.3 Å². The number of pyridine rings is 1. The lowest BCUT2D eigenvalue weighted by Crippen LogP contribution is -2.52. The van der Waals surface area contributed by atoms with E-state index in [1.165, 1.54) is 23.5 Å². The molecule has 0 atom stereocenters. The van der Waals surface area contributed by atoms with Gasteiger partial charge in [0.1, 0.15) is 17.2 Å². The SMILES string of the molecule is Cc1nc2ccc(-c3cc(=O)n4cc(N5CCNC6(CC6)C5)ccc4n3)nn2n1. The van der Waals surface area contributed by atoms with Crippen LogP contribution in [0.1, 0.15) is 18.7 Å². The van der Waals surface area contributed by atoms with Gasteiger partial charge in [-0.25, -0.2) is 9.97 Å². The van der Waals surface area contributed by atoms with Crippen molar-refractivity contribution in [2.75, 3.05) is 24.5 Å². The molecule has 9 heteroatoms. The molecule has 1 N–H and O–H groups in total. The summed E-state index contributed by atoms with van der Waals surface area (Å²) in [6.07, 6.45) is 4.35. The van der Waals surface area contributed by atoms with E-state index in [1.54, 1.807) is 4.40 Å². The van der Waals surface area contributed by atoms with Gasteiger partial charge in [-0.1, -0.05) is 0 Å². The zero-order valence-electron chi connectivity index (χ0n) is 16.0. The molecular formula is C20H20N8O. The maximum atomic E-state index is 12.8. The Morgan fingerprint density at radius 1 is 1.03 bits per heavy atom. The Morgan fingerprint density at radius 3 is 2.76 bits per heavy atom. The Hall–Kier alpha value is -3.33. The quantitative estimate of drug-likeness (QED) is 0.549. The molecular weight excluding hydrogens is 368 g/mol. The third-order valence-corrected chi connectivity index (χ3v) is 5.81. The van der Waals surface area contributed by atoms with E-state index in [0.717, 1.165) is 25.3 Å². The topological polar surface area (TPSA) is 92.7 Å². The van der Waals surface area contributed by atoms with E-state index in [0.29, 0.717) is 28.5 Å². The minimum atomic E-state index is -0.125. The van der Waals surface area contributed by atoms with E-state index in [-0.39, 0.29) is 11.1 Å². The van der Waals surface area contributed by atoms with Crippen LogP contribution in [0, 0.1) is 6.92 Å². The first kappa shape index (κ1) is 16.6. The number of rotatable bonds is 2. The summed E-state index contributed by atoms with van der Waals surface area (Å²) >= 11 is 0. The summed E-state index contributed by atoms with van der Waals surface area (Å²) in [5.74, 6) is 0.648. The van der Waals surface area contributed by atoms with Gasteiger partial charge < -0.3 is 10.2 Å². The molecule has 9 nitrogen and oxygen atoms in total. The Bertz CT molecular complexity index is 1320. The predicted octanol–water partition coefficient (Wildman–Crippen LogP) is 1.05. The first-order valence-electron chi connectivity index (χ1n) is 9.83. The second kappa shape index (κ2) is 5.84. The van der Waals surface area contributed by atoms with Crippen LogP contribution < -0.4 is 15.8 Å². The number of aromatic nitrogens is 6. The molecule has 0 aromatic carbocycles. The molecule has 1 aliphatic carbocycles. The number of nitrogens with zero attached hydrogens (tertiary/aromatic N) is 7. The zero-order chi connectivity index (χ0) is 19.6. The number of hydrogen-bond donors (Lipinski definition) is 1. The maximum absolute atomic E-state index is 12.8. The highest BCUT2D eigenvalue weighted by Crippen LogP contribution is 2.38. The predicted molar refractivity (Wildman–Crippen MR) is 108 cm³/mol. The number of anilines is 1. The molecule has 2 aliphatic rings. The minimum Gasteiger partial charge on any atom is -0.367 e. The van der Waals surface area contributed by atoms with Gasteiger partial charge >= 0.3 is 0 Å². The van der Waals surface area contributed by atoms with Gasteiger partial charge in [0.05, 0.1) is 11.4 Å². The Kier molecular flexibility index (Phi) is 3.34. The largest absolute Gasteiger partial charge is 0.367 e. The lowest BCUT2D eigenvalue weighted by molar-refractivity contribution is 0.442. The van der Waals surface area contributed by atoms with Gasteiger partial charge in [-0.15, -0.1) is 14.8 Å². The van der Waals surface area contributed by atoms with Crippen LogP contribution in [0.5, 0.6) is 0 Å². The molecule has 4 aromatic rings. The summed E-state index contributed by atoms with van der Waals surface area (Å²) in [5, 5.41) is 12.3. The molecule has 6 rings (SSSR count). The lowest BCUT2D eigenvalue weighted by atomic mass is 10.1. The molecule has 29 heavy (non-hydrogen) atoms. The molecule has 0 radical (unpaired) electrons. The molecule has 0 unspecified atom stereocenters. The van der Waals surface area contributed by atoms with Crippen molar-refractivity contribution in [3.8, 4) is 11.4 Å². The first-order chi connectivity index (χ1) is 14.1. The fourth-order valence-electron chi connectivity index (χ4n) is 4.10. The van der Waals surface area contributed by atoms with E-state index in [9.17, 15) is 4.79 Å². The van der Waals surface area contributed by atoms with Crippen LogP contribution in [0.15, 0.2) is 41.3 Å². The summed E-state index contributed by atoms with van der Waals surface area (Å²) < 4.78 is 3.08. The summed E-state index contributed by atoms with van der Waals surface area (Å²) in [6.45, 7) is 4.71. The molecule has 5 heterocycles. The van der Waals surface area contributed by atoms with Gasteiger partial charge in [-0.2, -0.15) is 0 Å². The fraction of sp³-hybridized carbons (Fsp3) is 0.350. The normalized spacial score (nSPS) is 18.0. The minimum absolute atomic E-state index is 0.125. The molecule has 1 saturated carbocycles. The number of piperazine rings is 1. The van der Waals surface area contributed by atoms with Gasteiger partial charge in [0.25, 0.3) is 5.56 Å². The average Bonchev–Trinajstić information content (AvgIpc) is 3.35. The van der Waals surface area contributed by atoms with E-state index < -0.39 is 0 Å². The summed E-state index contributed by atoms with van der Waals surface area (Å²) in [5.41, 5.74) is 3.59. The van der Waals surface area contributed by atoms with Crippen LogP contribution in [0.2, 0.25) is 0 Å². The fourth-order valence-corrected chi connectivity index (χ4v) is 4.10. The lowest BCUT2D eigenvalue weighted by Gasteiger charge is -2.35. The van der Waals surface area contributed by atoms with Gasteiger partial charge in [0.15, 0.2) is 5.65 Å². The Morgan fingerprint density at radius 2 is 1.90 bits per heavy atom. The second-order valence-electron chi connectivity index (χ2n) is 7.95. The standard InChI is InChI=1S/C20H20N8O/c1-13-22-18-5-3-15(25-28(18)24-13)16-10-19(29)27-11-14(2-4-17(27)23-16)26-9-8-21-20(12-26)6-7-20/h2-5,10-11,21H,6-9,12H2,1H3. The van der Waals surface area contributed by atoms with Crippen molar-refractivity contribution in [3.63, 3.8) is 0 Å². The van der Waals surface area contributed by atoms with Crippen molar-refractivity contribution in [3.05, 3.63) is 52.7 Å². The molecule has 4 aromatic heterocycles. The van der Waals surface area contributed by atoms with Crippen LogP contribution in [-0.2, 0) is 0 Å². The molecule has 1 aliphatic heterocycles. The molecule has 0 bridgehead atoms. The van der Waals surface area contributed by atoms with E-state index in [1.807, 2.05) is 37.4 Å². The number of hydrogen-bond acceptors (Lipinski definition) is 7. The zero-order valence-corrected chi connectivity index (χ0v) is 16.0. The molecule has 1 spiro atoms. The maximum Gasteiger partial charge on any atom is 0.258 e. The molecule has 1 saturated heterocycles.